The van der Waals surface area contributed by atoms with Gasteiger partial charge in [0.05, 0.1) is 17.4 Å². The van der Waals surface area contributed by atoms with E-state index in [1.165, 1.54) is 37.6 Å². The minimum Gasteiger partial charge on any atom is -0.329 e. The Morgan fingerprint density at radius 1 is 1.21 bits per heavy atom. The second-order valence-electron chi connectivity index (χ2n) is 5.89. The molecule has 1 aromatic heterocycles. The van der Waals surface area contributed by atoms with Crippen molar-refractivity contribution < 1.29 is 0 Å². The first-order chi connectivity index (χ1) is 9.33. The van der Waals surface area contributed by atoms with Crippen LogP contribution in [0.1, 0.15) is 38.5 Å². The van der Waals surface area contributed by atoms with Gasteiger partial charge in [0.1, 0.15) is 0 Å². The van der Waals surface area contributed by atoms with Crippen LogP contribution < -0.4 is 5.73 Å². The van der Waals surface area contributed by atoms with Gasteiger partial charge in [-0.3, -0.25) is 0 Å². The molecular weight excluding hydrogens is 234 g/mol. The molecule has 102 valence electrons. The molecule has 0 radical (unpaired) electrons. The van der Waals surface area contributed by atoms with E-state index in [0.717, 1.165) is 24.4 Å². The fourth-order valence-electron chi connectivity index (χ4n) is 3.33. The molecule has 1 atom stereocenters. The molecule has 19 heavy (non-hydrogen) atoms. The van der Waals surface area contributed by atoms with Gasteiger partial charge in [-0.1, -0.05) is 44.2 Å². The molecule has 3 heteroatoms. The predicted octanol–water partition coefficient (Wildman–Crippen LogP) is 3.33. The Bertz CT molecular complexity index is 526. The molecule has 1 aliphatic rings. The Hall–Kier alpha value is -1.35. The van der Waals surface area contributed by atoms with Crippen LogP contribution in [0.3, 0.4) is 0 Å². The molecule has 0 spiro atoms. The zero-order chi connectivity index (χ0) is 13.1. The Balaban J connectivity index is 1.63. The molecule has 0 amide bonds. The first-order valence-corrected chi connectivity index (χ1v) is 7.48. The van der Waals surface area contributed by atoms with Gasteiger partial charge in [0, 0.05) is 12.6 Å². The lowest BCUT2D eigenvalue weighted by Gasteiger charge is -2.24. The first-order valence-electron chi connectivity index (χ1n) is 7.48. The average molecular weight is 257 g/mol. The van der Waals surface area contributed by atoms with Crippen molar-refractivity contribution in [1.82, 2.24) is 9.55 Å². The lowest BCUT2D eigenvalue weighted by Crippen LogP contribution is -2.29. The Labute approximate surface area is 114 Å². The van der Waals surface area contributed by atoms with Crippen molar-refractivity contribution in [3.05, 3.63) is 30.6 Å². The highest BCUT2D eigenvalue weighted by Gasteiger charge is 2.17. The second-order valence-corrected chi connectivity index (χ2v) is 5.89. The van der Waals surface area contributed by atoms with Gasteiger partial charge in [0.25, 0.3) is 0 Å². The summed E-state index contributed by atoms with van der Waals surface area (Å²) in [6.07, 6.45) is 10.0. The van der Waals surface area contributed by atoms with Crippen molar-refractivity contribution in [2.24, 2.45) is 11.7 Å². The molecule has 2 aromatic rings. The Morgan fingerprint density at radius 3 is 2.84 bits per heavy atom. The molecular formula is C16H23N3. The topological polar surface area (TPSA) is 43.8 Å². The van der Waals surface area contributed by atoms with E-state index in [1.807, 2.05) is 12.4 Å². The second kappa shape index (κ2) is 5.74. The van der Waals surface area contributed by atoms with Crippen LogP contribution in [-0.4, -0.2) is 15.6 Å². The number of nitrogens with two attached hydrogens (primary N) is 1. The molecule has 3 rings (SSSR count). The zero-order valence-electron chi connectivity index (χ0n) is 11.5. The summed E-state index contributed by atoms with van der Waals surface area (Å²) < 4.78 is 2.20. The van der Waals surface area contributed by atoms with Gasteiger partial charge in [-0.25, -0.2) is 4.98 Å². The lowest BCUT2D eigenvalue weighted by molar-refractivity contribution is 0.308. The van der Waals surface area contributed by atoms with Crippen LogP contribution in [0, 0.1) is 5.92 Å². The van der Waals surface area contributed by atoms with E-state index in [9.17, 15) is 0 Å². The van der Waals surface area contributed by atoms with Crippen molar-refractivity contribution >= 4 is 11.0 Å². The number of hydrogen-bond acceptors (Lipinski definition) is 2. The average Bonchev–Trinajstić information content (AvgIpc) is 2.83. The summed E-state index contributed by atoms with van der Waals surface area (Å²) in [5, 5.41) is 0. The molecule has 0 aliphatic heterocycles. The van der Waals surface area contributed by atoms with Crippen LogP contribution in [0.25, 0.3) is 11.0 Å². The highest BCUT2D eigenvalue weighted by Crippen LogP contribution is 2.27. The first kappa shape index (κ1) is 12.7. The maximum atomic E-state index is 6.34. The predicted molar refractivity (Wildman–Crippen MR) is 78.9 cm³/mol. The summed E-state index contributed by atoms with van der Waals surface area (Å²) in [6, 6.07) is 8.52. The normalized spacial score (nSPS) is 18.8. The molecule has 1 saturated carbocycles. The number of benzene rings is 1. The van der Waals surface area contributed by atoms with Crippen molar-refractivity contribution in [2.75, 3.05) is 0 Å². The monoisotopic (exact) mass is 257 g/mol. The van der Waals surface area contributed by atoms with E-state index in [0.29, 0.717) is 0 Å². The van der Waals surface area contributed by atoms with E-state index in [1.54, 1.807) is 0 Å². The van der Waals surface area contributed by atoms with Crippen LogP contribution in [-0.2, 0) is 6.54 Å². The van der Waals surface area contributed by atoms with Crippen molar-refractivity contribution in [2.45, 2.75) is 51.1 Å². The number of para-hydroxylation sites is 2. The summed E-state index contributed by atoms with van der Waals surface area (Å²) >= 11 is 0. The van der Waals surface area contributed by atoms with E-state index in [2.05, 4.69) is 27.8 Å². The number of aromatic nitrogens is 2. The van der Waals surface area contributed by atoms with Gasteiger partial charge in [-0.05, 0) is 24.5 Å². The minimum absolute atomic E-state index is 0.251. The standard InChI is InChI=1S/C16H23N3/c17-14(10-13-6-2-1-3-7-13)11-19-12-18-15-8-4-5-9-16(15)19/h4-5,8-9,12-14H,1-3,6-7,10-11,17H2. The molecule has 2 N–H and O–H groups in total. The van der Waals surface area contributed by atoms with Crippen LogP contribution in [0.15, 0.2) is 30.6 Å². The van der Waals surface area contributed by atoms with Crippen molar-refractivity contribution in [1.29, 1.82) is 0 Å². The lowest BCUT2D eigenvalue weighted by atomic mass is 9.85. The van der Waals surface area contributed by atoms with Crippen LogP contribution in [0.4, 0.5) is 0 Å². The van der Waals surface area contributed by atoms with Crippen molar-refractivity contribution in [3.63, 3.8) is 0 Å². The number of rotatable bonds is 4. The summed E-state index contributed by atoms with van der Waals surface area (Å²) in [6.45, 7) is 0.886. The molecule has 3 nitrogen and oxygen atoms in total. The quantitative estimate of drug-likeness (QED) is 0.913. The molecule has 1 aromatic carbocycles. The van der Waals surface area contributed by atoms with E-state index in [4.69, 9.17) is 5.73 Å². The third kappa shape index (κ3) is 2.98. The van der Waals surface area contributed by atoms with Crippen molar-refractivity contribution in [3.8, 4) is 0 Å². The van der Waals surface area contributed by atoms with E-state index in [-0.39, 0.29) is 6.04 Å². The molecule has 1 fully saturated rings. The molecule has 0 saturated heterocycles. The Morgan fingerprint density at radius 2 is 2.00 bits per heavy atom. The SMILES string of the molecule is NC(CC1CCCCC1)Cn1cnc2ccccc21. The fraction of sp³-hybridized carbons (Fsp3) is 0.562. The Kier molecular flexibility index (Phi) is 3.83. The maximum absolute atomic E-state index is 6.34. The van der Waals surface area contributed by atoms with Gasteiger partial charge in [0.15, 0.2) is 0 Å². The number of nitrogens with zero attached hydrogens (tertiary/aromatic N) is 2. The molecule has 1 aliphatic carbocycles. The van der Waals surface area contributed by atoms with Gasteiger partial charge in [-0.15, -0.1) is 0 Å². The van der Waals surface area contributed by atoms with Gasteiger partial charge in [0.2, 0.25) is 0 Å². The fourth-order valence-corrected chi connectivity index (χ4v) is 3.33. The number of fused-ring (bicyclic) bond motifs is 1. The third-order valence-corrected chi connectivity index (χ3v) is 4.32. The largest absolute Gasteiger partial charge is 0.329 e. The highest BCUT2D eigenvalue weighted by atomic mass is 15.1. The number of hydrogen-bond donors (Lipinski definition) is 1. The summed E-state index contributed by atoms with van der Waals surface area (Å²) in [5.74, 6) is 0.846. The summed E-state index contributed by atoms with van der Waals surface area (Å²) in [5.41, 5.74) is 8.60. The van der Waals surface area contributed by atoms with E-state index >= 15 is 0 Å². The molecule has 1 unspecified atom stereocenters. The highest BCUT2D eigenvalue weighted by molar-refractivity contribution is 5.74. The van der Waals surface area contributed by atoms with Crippen LogP contribution >= 0.6 is 0 Å². The van der Waals surface area contributed by atoms with Gasteiger partial charge in [-0.2, -0.15) is 0 Å². The molecule has 1 heterocycles. The maximum Gasteiger partial charge on any atom is 0.0958 e. The molecule has 0 bridgehead atoms. The van der Waals surface area contributed by atoms with Crippen LogP contribution in [0.5, 0.6) is 0 Å². The van der Waals surface area contributed by atoms with E-state index < -0.39 is 0 Å². The summed E-state index contributed by atoms with van der Waals surface area (Å²) in [4.78, 5) is 4.43. The summed E-state index contributed by atoms with van der Waals surface area (Å²) in [7, 11) is 0. The smallest absolute Gasteiger partial charge is 0.0958 e. The van der Waals surface area contributed by atoms with Crippen LogP contribution in [0.2, 0.25) is 0 Å². The third-order valence-electron chi connectivity index (χ3n) is 4.32. The minimum atomic E-state index is 0.251. The van der Waals surface area contributed by atoms with Gasteiger partial charge < -0.3 is 10.3 Å². The number of imidazole rings is 1. The zero-order valence-corrected chi connectivity index (χ0v) is 11.5. The van der Waals surface area contributed by atoms with Gasteiger partial charge >= 0.3 is 0 Å².